The SMILES string of the molecule is Cc1nc(C(=O)N(CCc2c(Cl)cccc2Cl)CC2CC2)c(-c2ccc(C)c(C)c2)s1. The summed E-state index contributed by atoms with van der Waals surface area (Å²) in [7, 11) is 0. The summed E-state index contributed by atoms with van der Waals surface area (Å²) in [6, 6.07) is 11.9. The fraction of sp³-hybridized carbons (Fsp3) is 0.360. The Morgan fingerprint density at radius 3 is 2.45 bits per heavy atom. The van der Waals surface area contributed by atoms with Crippen molar-refractivity contribution in [2.45, 2.75) is 40.0 Å². The Bertz CT molecular complexity index is 1100. The van der Waals surface area contributed by atoms with Crippen LogP contribution in [-0.4, -0.2) is 28.9 Å². The Labute approximate surface area is 198 Å². The minimum atomic E-state index is -0.00680. The van der Waals surface area contributed by atoms with Gasteiger partial charge in [0.25, 0.3) is 5.91 Å². The number of halogens is 2. The molecule has 1 aliphatic carbocycles. The predicted octanol–water partition coefficient (Wildman–Crippen LogP) is 7.14. The zero-order valence-electron chi connectivity index (χ0n) is 18.0. The second kappa shape index (κ2) is 9.32. The summed E-state index contributed by atoms with van der Waals surface area (Å²) in [6.45, 7) is 7.48. The number of hydrogen-bond donors (Lipinski definition) is 0. The van der Waals surface area contributed by atoms with Gasteiger partial charge in [0.1, 0.15) is 5.69 Å². The van der Waals surface area contributed by atoms with Crippen LogP contribution in [0.4, 0.5) is 0 Å². The van der Waals surface area contributed by atoms with Gasteiger partial charge < -0.3 is 4.90 Å². The number of benzene rings is 2. The minimum absolute atomic E-state index is 0.00680. The lowest BCUT2D eigenvalue weighted by molar-refractivity contribution is 0.0745. The van der Waals surface area contributed by atoms with Gasteiger partial charge in [0.05, 0.1) is 9.88 Å². The smallest absolute Gasteiger partial charge is 0.274 e. The molecule has 1 heterocycles. The number of carbonyl (C=O) groups is 1. The van der Waals surface area contributed by atoms with Crippen molar-refractivity contribution in [3.05, 3.63) is 73.8 Å². The van der Waals surface area contributed by atoms with Gasteiger partial charge in [-0.3, -0.25) is 4.79 Å². The van der Waals surface area contributed by atoms with Crippen molar-refractivity contribution in [2.75, 3.05) is 13.1 Å². The first-order valence-electron chi connectivity index (χ1n) is 10.6. The van der Waals surface area contributed by atoms with Crippen molar-refractivity contribution in [3.8, 4) is 10.4 Å². The van der Waals surface area contributed by atoms with Crippen molar-refractivity contribution in [1.29, 1.82) is 0 Å². The average Bonchev–Trinajstić information content (AvgIpc) is 3.47. The van der Waals surface area contributed by atoms with Crippen LogP contribution in [0.3, 0.4) is 0 Å². The molecular weight excluding hydrogens is 447 g/mol. The molecule has 1 aliphatic rings. The summed E-state index contributed by atoms with van der Waals surface area (Å²) < 4.78 is 0. The summed E-state index contributed by atoms with van der Waals surface area (Å²) >= 11 is 14.3. The second-order valence-corrected chi connectivity index (χ2v) is 10.4. The fourth-order valence-electron chi connectivity index (χ4n) is 3.71. The van der Waals surface area contributed by atoms with Crippen LogP contribution in [0.5, 0.6) is 0 Å². The molecule has 0 N–H and O–H groups in total. The molecule has 3 nitrogen and oxygen atoms in total. The van der Waals surface area contributed by atoms with Crippen LogP contribution in [0.1, 0.15) is 45.0 Å². The van der Waals surface area contributed by atoms with E-state index in [-0.39, 0.29) is 5.91 Å². The molecule has 4 rings (SSSR count). The van der Waals surface area contributed by atoms with E-state index in [1.807, 2.05) is 30.0 Å². The van der Waals surface area contributed by atoms with Crippen molar-refractivity contribution in [2.24, 2.45) is 5.92 Å². The molecule has 6 heteroatoms. The van der Waals surface area contributed by atoms with Gasteiger partial charge in [-0.15, -0.1) is 11.3 Å². The Morgan fingerprint density at radius 2 is 1.81 bits per heavy atom. The largest absolute Gasteiger partial charge is 0.337 e. The zero-order valence-corrected chi connectivity index (χ0v) is 20.4. The van der Waals surface area contributed by atoms with Crippen LogP contribution in [0.25, 0.3) is 10.4 Å². The van der Waals surface area contributed by atoms with E-state index in [2.05, 4.69) is 37.0 Å². The second-order valence-electron chi connectivity index (χ2n) is 8.35. The summed E-state index contributed by atoms with van der Waals surface area (Å²) in [4.78, 5) is 21.2. The standard InChI is InChI=1S/C25H26Cl2N2OS/c1-15-7-10-19(13-16(15)2)24-23(28-17(3)31-24)25(30)29(14-18-8-9-18)12-11-20-21(26)5-4-6-22(20)27/h4-7,10,13,18H,8-9,11-12,14H2,1-3H3. The van der Waals surface area contributed by atoms with E-state index < -0.39 is 0 Å². The number of amides is 1. The first kappa shape index (κ1) is 22.3. The lowest BCUT2D eigenvalue weighted by Crippen LogP contribution is -2.35. The van der Waals surface area contributed by atoms with Crippen LogP contribution in [0.15, 0.2) is 36.4 Å². The third kappa shape index (κ3) is 5.14. The lowest BCUT2D eigenvalue weighted by atomic mass is 10.0. The maximum Gasteiger partial charge on any atom is 0.274 e. The number of aromatic nitrogens is 1. The van der Waals surface area contributed by atoms with Crippen LogP contribution in [-0.2, 0) is 6.42 Å². The van der Waals surface area contributed by atoms with E-state index in [1.54, 1.807) is 11.3 Å². The van der Waals surface area contributed by atoms with Crippen LogP contribution >= 0.6 is 34.5 Å². The number of carbonyl (C=O) groups excluding carboxylic acids is 1. The van der Waals surface area contributed by atoms with E-state index in [4.69, 9.17) is 23.2 Å². The highest BCUT2D eigenvalue weighted by atomic mass is 35.5. The van der Waals surface area contributed by atoms with Crippen molar-refractivity contribution >= 4 is 40.4 Å². The first-order chi connectivity index (χ1) is 14.8. The number of hydrogen-bond acceptors (Lipinski definition) is 3. The van der Waals surface area contributed by atoms with Gasteiger partial charge in [-0.25, -0.2) is 4.98 Å². The van der Waals surface area contributed by atoms with Crippen molar-refractivity contribution in [1.82, 2.24) is 9.88 Å². The third-order valence-electron chi connectivity index (χ3n) is 5.86. The Kier molecular flexibility index (Phi) is 6.71. The van der Waals surface area contributed by atoms with Gasteiger partial charge in [-0.2, -0.15) is 0 Å². The normalized spacial score (nSPS) is 13.5. The topological polar surface area (TPSA) is 33.2 Å². The monoisotopic (exact) mass is 472 g/mol. The molecule has 0 unspecified atom stereocenters. The number of aryl methyl sites for hydroxylation is 3. The molecule has 162 valence electrons. The van der Waals surface area contributed by atoms with Crippen molar-refractivity contribution in [3.63, 3.8) is 0 Å². The van der Waals surface area contributed by atoms with Gasteiger partial charge in [-0.05, 0) is 80.3 Å². The van der Waals surface area contributed by atoms with Gasteiger partial charge in [0, 0.05) is 23.1 Å². The summed E-state index contributed by atoms with van der Waals surface area (Å²) in [5, 5.41) is 2.19. The summed E-state index contributed by atoms with van der Waals surface area (Å²) in [5.41, 5.74) is 4.95. The Morgan fingerprint density at radius 1 is 1.10 bits per heavy atom. The Hall–Kier alpha value is -1.88. The first-order valence-corrected chi connectivity index (χ1v) is 12.2. The summed E-state index contributed by atoms with van der Waals surface area (Å²) in [6.07, 6.45) is 2.98. The van der Waals surface area contributed by atoms with E-state index >= 15 is 0 Å². The highest BCUT2D eigenvalue weighted by molar-refractivity contribution is 7.15. The molecule has 0 aliphatic heterocycles. The molecule has 31 heavy (non-hydrogen) atoms. The predicted molar refractivity (Wildman–Crippen MR) is 131 cm³/mol. The minimum Gasteiger partial charge on any atom is -0.337 e. The van der Waals surface area contributed by atoms with Crippen LogP contribution < -0.4 is 0 Å². The fourth-order valence-corrected chi connectivity index (χ4v) is 5.20. The van der Waals surface area contributed by atoms with E-state index in [0.29, 0.717) is 34.6 Å². The maximum atomic E-state index is 13.7. The van der Waals surface area contributed by atoms with Crippen molar-refractivity contribution < 1.29 is 4.79 Å². The molecule has 0 spiro atoms. The quantitative estimate of drug-likeness (QED) is 0.366. The molecule has 0 saturated heterocycles. The molecular formula is C25H26Cl2N2OS. The molecule has 3 aromatic rings. The molecule has 1 amide bonds. The van der Waals surface area contributed by atoms with Crippen LogP contribution in [0.2, 0.25) is 10.0 Å². The molecule has 1 saturated carbocycles. The van der Waals surface area contributed by atoms with Gasteiger partial charge in [-0.1, -0.05) is 47.5 Å². The molecule has 0 atom stereocenters. The Balaban J connectivity index is 1.62. The zero-order chi connectivity index (χ0) is 22.1. The van der Waals surface area contributed by atoms with E-state index in [9.17, 15) is 4.79 Å². The van der Waals surface area contributed by atoms with Gasteiger partial charge in [0.2, 0.25) is 0 Å². The highest BCUT2D eigenvalue weighted by Crippen LogP contribution is 2.35. The molecule has 0 bridgehead atoms. The highest BCUT2D eigenvalue weighted by Gasteiger charge is 2.30. The molecule has 1 aromatic heterocycles. The number of nitrogens with zero attached hydrogens (tertiary/aromatic N) is 2. The summed E-state index contributed by atoms with van der Waals surface area (Å²) in [5.74, 6) is 0.572. The molecule has 2 aromatic carbocycles. The lowest BCUT2D eigenvalue weighted by Gasteiger charge is -2.23. The van der Waals surface area contributed by atoms with E-state index in [0.717, 1.165) is 27.6 Å². The molecule has 0 radical (unpaired) electrons. The maximum absolute atomic E-state index is 13.7. The van der Waals surface area contributed by atoms with Gasteiger partial charge in [0.15, 0.2) is 0 Å². The third-order valence-corrected chi connectivity index (χ3v) is 7.59. The van der Waals surface area contributed by atoms with Crippen LogP contribution in [0, 0.1) is 26.7 Å². The number of rotatable bonds is 7. The average molecular weight is 473 g/mol. The van der Waals surface area contributed by atoms with Gasteiger partial charge >= 0.3 is 0 Å². The van der Waals surface area contributed by atoms with E-state index in [1.165, 1.54) is 24.0 Å². The number of thiazole rings is 1. The molecule has 1 fully saturated rings.